The van der Waals surface area contributed by atoms with Crippen molar-refractivity contribution in [2.75, 3.05) is 19.8 Å². The van der Waals surface area contributed by atoms with E-state index in [1.54, 1.807) is 0 Å². The van der Waals surface area contributed by atoms with E-state index in [1.807, 2.05) is 5.32 Å². The van der Waals surface area contributed by atoms with Crippen LogP contribution in [-0.4, -0.2) is 36.7 Å². The van der Waals surface area contributed by atoms with Gasteiger partial charge in [-0.15, -0.1) is 0 Å². The first-order chi connectivity index (χ1) is 9.25. The van der Waals surface area contributed by atoms with Gasteiger partial charge in [0.05, 0.1) is 21.6 Å². The highest BCUT2D eigenvalue weighted by atomic mass is 35.5. The molecule has 1 aromatic carbocycles. The number of hydrogen-bond donors (Lipinski definition) is 2. The minimum absolute atomic E-state index is 0.102. The topological polar surface area (TPSA) is 58.6 Å². The van der Waals surface area contributed by atoms with E-state index in [4.69, 9.17) is 44.6 Å². The third kappa shape index (κ3) is 5.28. The summed E-state index contributed by atoms with van der Waals surface area (Å²) < 4.78 is 30.4. The number of alkyl halides is 2. The Morgan fingerprint density at radius 3 is 2.45 bits per heavy atom. The Morgan fingerprint density at radius 1 is 1.25 bits per heavy atom. The maximum atomic E-state index is 12.7. The summed E-state index contributed by atoms with van der Waals surface area (Å²) in [5.41, 5.74) is 0. The number of aliphatic hydroxyl groups is 1. The number of rotatable bonds is 6. The van der Waals surface area contributed by atoms with Crippen molar-refractivity contribution in [3.63, 3.8) is 0 Å². The van der Waals surface area contributed by atoms with Gasteiger partial charge in [0.1, 0.15) is 12.4 Å². The fourth-order valence-corrected chi connectivity index (χ4v) is 1.68. The molecule has 0 aromatic heterocycles. The van der Waals surface area contributed by atoms with Gasteiger partial charge in [-0.05, 0) is 6.07 Å². The fraction of sp³-hybridized carbons (Fsp3) is 0.364. The lowest BCUT2D eigenvalue weighted by Gasteiger charge is -2.14. The van der Waals surface area contributed by atoms with E-state index < -0.39 is 31.6 Å². The normalized spacial score (nSPS) is 11.3. The lowest BCUT2D eigenvalue weighted by molar-refractivity contribution is -0.126. The lowest BCUT2D eigenvalue weighted by Crippen LogP contribution is -2.40. The molecule has 1 aromatic rings. The predicted molar refractivity (Wildman–Crippen MR) is 72.0 cm³/mol. The molecule has 0 saturated carbocycles. The SMILES string of the molecule is O=C(COc1cc(Cl)c(Cl)cc1Cl)NCC(F)(F)CO. The highest BCUT2D eigenvalue weighted by molar-refractivity contribution is 6.43. The maximum absolute atomic E-state index is 12.7. The van der Waals surface area contributed by atoms with Gasteiger partial charge in [-0.3, -0.25) is 4.79 Å². The van der Waals surface area contributed by atoms with Crippen LogP contribution in [0.1, 0.15) is 0 Å². The minimum Gasteiger partial charge on any atom is -0.482 e. The average molecular weight is 349 g/mol. The molecule has 0 aliphatic heterocycles. The first kappa shape index (κ1) is 17.2. The van der Waals surface area contributed by atoms with Crippen LogP contribution in [0.25, 0.3) is 0 Å². The number of carbonyl (C=O) groups excluding carboxylic acids is 1. The highest BCUT2D eigenvalue weighted by Crippen LogP contribution is 2.33. The summed E-state index contributed by atoms with van der Waals surface area (Å²) in [6.45, 7) is -2.87. The lowest BCUT2D eigenvalue weighted by atomic mass is 10.3. The standard InChI is InChI=1S/C11H10Cl3F2NO3/c12-6-1-8(14)9(2-7(6)13)20-3-10(19)17-4-11(15,16)5-18/h1-2,18H,3-5H2,(H,17,19). The molecule has 0 aliphatic rings. The van der Waals surface area contributed by atoms with Crippen molar-refractivity contribution in [2.45, 2.75) is 5.92 Å². The van der Waals surface area contributed by atoms with E-state index in [2.05, 4.69) is 0 Å². The van der Waals surface area contributed by atoms with Crippen molar-refractivity contribution in [3.05, 3.63) is 27.2 Å². The Balaban J connectivity index is 2.51. The summed E-state index contributed by atoms with van der Waals surface area (Å²) in [4.78, 5) is 11.3. The molecule has 112 valence electrons. The molecule has 1 rings (SSSR count). The summed E-state index contributed by atoms with van der Waals surface area (Å²) in [6.07, 6.45) is 0. The number of ether oxygens (including phenoxy) is 1. The number of amides is 1. The van der Waals surface area contributed by atoms with Crippen LogP contribution in [-0.2, 0) is 4.79 Å². The zero-order valence-electron chi connectivity index (χ0n) is 9.93. The Labute approximate surface area is 128 Å². The first-order valence-corrected chi connectivity index (χ1v) is 6.41. The van der Waals surface area contributed by atoms with Gasteiger partial charge in [-0.1, -0.05) is 34.8 Å². The van der Waals surface area contributed by atoms with E-state index in [-0.39, 0.29) is 20.8 Å². The molecule has 0 atom stereocenters. The first-order valence-electron chi connectivity index (χ1n) is 5.28. The van der Waals surface area contributed by atoms with Gasteiger partial charge in [0.25, 0.3) is 11.8 Å². The summed E-state index contributed by atoms with van der Waals surface area (Å²) in [5.74, 6) is -4.07. The Bertz CT molecular complexity index is 500. The molecule has 2 N–H and O–H groups in total. The number of benzene rings is 1. The summed E-state index contributed by atoms with van der Waals surface area (Å²) >= 11 is 17.3. The maximum Gasteiger partial charge on any atom is 0.287 e. The monoisotopic (exact) mass is 347 g/mol. The van der Waals surface area contributed by atoms with Gasteiger partial charge in [0.15, 0.2) is 6.61 Å². The molecule has 1 amide bonds. The molecular formula is C11H10Cl3F2NO3. The largest absolute Gasteiger partial charge is 0.482 e. The van der Waals surface area contributed by atoms with Crippen LogP contribution in [0.5, 0.6) is 5.75 Å². The van der Waals surface area contributed by atoms with E-state index in [9.17, 15) is 13.6 Å². The van der Waals surface area contributed by atoms with E-state index in [1.165, 1.54) is 12.1 Å². The molecule has 0 bridgehead atoms. The van der Waals surface area contributed by atoms with Crippen molar-refractivity contribution >= 4 is 40.7 Å². The van der Waals surface area contributed by atoms with Crippen LogP contribution in [0, 0.1) is 0 Å². The van der Waals surface area contributed by atoms with Crippen LogP contribution >= 0.6 is 34.8 Å². The van der Waals surface area contributed by atoms with E-state index in [0.29, 0.717) is 0 Å². The molecule has 0 aliphatic carbocycles. The van der Waals surface area contributed by atoms with Crippen molar-refractivity contribution in [1.29, 1.82) is 0 Å². The summed E-state index contributed by atoms with van der Waals surface area (Å²) in [7, 11) is 0. The molecule has 0 spiro atoms. The summed E-state index contributed by atoms with van der Waals surface area (Å²) in [5, 5.41) is 10.8. The number of halogens is 5. The second kappa shape index (κ2) is 7.26. The van der Waals surface area contributed by atoms with Crippen molar-refractivity contribution < 1.29 is 23.4 Å². The van der Waals surface area contributed by atoms with Gasteiger partial charge in [-0.25, -0.2) is 8.78 Å². The van der Waals surface area contributed by atoms with Gasteiger partial charge in [0, 0.05) is 6.07 Å². The third-order valence-electron chi connectivity index (χ3n) is 2.11. The van der Waals surface area contributed by atoms with Crippen molar-refractivity contribution in [1.82, 2.24) is 5.32 Å². The van der Waals surface area contributed by atoms with Crippen molar-refractivity contribution in [2.24, 2.45) is 0 Å². The predicted octanol–water partition coefficient (Wildman–Crippen LogP) is 2.77. The number of hydrogen-bond acceptors (Lipinski definition) is 3. The van der Waals surface area contributed by atoms with E-state index >= 15 is 0 Å². The van der Waals surface area contributed by atoms with Crippen LogP contribution in [0.2, 0.25) is 15.1 Å². The highest BCUT2D eigenvalue weighted by Gasteiger charge is 2.28. The quantitative estimate of drug-likeness (QED) is 0.777. The van der Waals surface area contributed by atoms with Gasteiger partial charge in [0.2, 0.25) is 0 Å². The zero-order valence-corrected chi connectivity index (χ0v) is 12.2. The number of nitrogens with one attached hydrogen (secondary N) is 1. The second-order valence-corrected chi connectivity index (χ2v) is 5.00. The van der Waals surface area contributed by atoms with Gasteiger partial charge in [-0.2, -0.15) is 0 Å². The van der Waals surface area contributed by atoms with Gasteiger partial charge < -0.3 is 15.2 Å². The molecule has 0 saturated heterocycles. The summed E-state index contributed by atoms with van der Waals surface area (Å²) in [6, 6.07) is 2.64. The molecule has 0 fully saturated rings. The Kier molecular flexibility index (Phi) is 6.26. The van der Waals surface area contributed by atoms with Crippen molar-refractivity contribution in [3.8, 4) is 5.75 Å². The minimum atomic E-state index is -3.38. The molecule has 4 nitrogen and oxygen atoms in total. The van der Waals surface area contributed by atoms with Crippen LogP contribution in [0.4, 0.5) is 8.78 Å². The smallest absolute Gasteiger partial charge is 0.287 e. The fourth-order valence-electron chi connectivity index (χ4n) is 1.09. The number of aliphatic hydroxyl groups excluding tert-OH is 1. The molecule has 9 heteroatoms. The Hall–Kier alpha value is -0.820. The van der Waals surface area contributed by atoms with Gasteiger partial charge >= 0.3 is 0 Å². The molecule has 0 heterocycles. The Morgan fingerprint density at radius 2 is 1.85 bits per heavy atom. The molecule has 0 unspecified atom stereocenters. The van der Waals surface area contributed by atoms with Crippen LogP contribution < -0.4 is 10.1 Å². The molecular weight excluding hydrogens is 338 g/mol. The average Bonchev–Trinajstić information content (AvgIpc) is 2.39. The molecule has 20 heavy (non-hydrogen) atoms. The van der Waals surface area contributed by atoms with Crippen LogP contribution in [0.3, 0.4) is 0 Å². The second-order valence-electron chi connectivity index (χ2n) is 3.78. The van der Waals surface area contributed by atoms with E-state index in [0.717, 1.165) is 0 Å². The van der Waals surface area contributed by atoms with Crippen LogP contribution in [0.15, 0.2) is 12.1 Å². The third-order valence-corrected chi connectivity index (χ3v) is 3.13. The zero-order chi connectivity index (χ0) is 15.3. The number of carbonyl (C=O) groups is 1. The molecule has 0 radical (unpaired) electrons.